The summed E-state index contributed by atoms with van der Waals surface area (Å²) in [5.74, 6) is 0.739. The molecule has 1 aromatic heterocycles. The number of amides is 1. The van der Waals surface area contributed by atoms with E-state index in [-0.39, 0.29) is 5.91 Å². The lowest BCUT2D eigenvalue weighted by Gasteiger charge is -2.03. The van der Waals surface area contributed by atoms with Crippen molar-refractivity contribution in [2.24, 2.45) is 0 Å². The van der Waals surface area contributed by atoms with Crippen LogP contribution >= 0.6 is 0 Å². The summed E-state index contributed by atoms with van der Waals surface area (Å²) < 4.78 is 4.99. The van der Waals surface area contributed by atoms with Gasteiger partial charge in [0.1, 0.15) is 0 Å². The summed E-state index contributed by atoms with van der Waals surface area (Å²) in [6.07, 6.45) is 3.02. The van der Waals surface area contributed by atoms with Gasteiger partial charge in [0, 0.05) is 25.1 Å². The molecule has 1 aliphatic rings. The van der Waals surface area contributed by atoms with E-state index in [0.717, 1.165) is 12.2 Å². The van der Waals surface area contributed by atoms with Gasteiger partial charge >= 0.3 is 0 Å². The monoisotopic (exact) mass is 223 g/mol. The van der Waals surface area contributed by atoms with Crippen molar-refractivity contribution in [3.05, 3.63) is 17.5 Å². The van der Waals surface area contributed by atoms with Crippen LogP contribution in [-0.4, -0.2) is 23.7 Å². The van der Waals surface area contributed by atoms with Gasteiger partial charge in [-0.25, -0.2) is 0 Å². The largest absolute Gasteiger partial charge is 0.359 e. The maximum absolute atomic E-state index is 11.4. The number of aryl methyl sites for hydroxylation is 1. The molecule has 1 heterocycles. The lowest BCUT2D eigenvalue weighted by molar-refractivity contribution is -0.121. The van der Waals surface area contributed by atoms with Gasteiger partial charge in [-0.1, -0.05) is 5.16 Å². The van der Waals surface area contributed by atoms with Crippen LogP contribution < -0.4 is 10.6 Å². The van der Waals surface area contributed by atoms with Crippen molar-refractivity contribution in [3.63, 3.8) is 0 Å². The molecule has 1 saturated carbocycles. The molecule has 1 aromatic rings. The van der Waals surface area contributed by atoms with Crippen LogP contribution in [0.2, 0.25) is 0 Å². The third-order valence-electron chi connectivity index (χ3n) is 2.50. The zero-order valence-corrected chi connectivity index (χ0v) is 9.45. The number of nitrogens with zero attached hydrogens (tertiary/aromatic N) is 1. The van der Waals surface area contributed by atoms with Crippen molar-refractivity contribution >= 4 is 5.91 Å². The lowest BCUT2D eigenvalue weighted by atomic mass is 10.3. The van der Waals surface area contributed by atoms with Crippen LogP contribution in [0.4, 0.5) is 0 Å². The lowest BCUT2D eigenvalue weighted by Crippen LogP contribution is -2.28. The highest BCUT2D eigenvalue weighted by atomic mass is 16.5. The molecule has 0 spiro atoms. The van der Waals surface area contributed by atoms with Crippen LogP contribution in [0.1, 0.15) is 30.7 Å². The summed E-state index contributed by atoms with van der Waals surface area (Å²) in [5.41, 5.74) is 0.833. The standard InChI is InChI=1S/C11H17N3O2/c1-8-6-10(16-14-8)7-13-11(15)4-5-12-9-2-3-9/h6,9,12H,2-5,7H2,1H3,(H,13,15). The maximum atomic E-state index is 11.4. The van der Waals surface area contributed by atoms with Crippen molar-refractivity contribution in [2.75, 3.05) is 6.54 Å². The molecule has 16 heavy (non-hydrogen) atoms. The van der Waals surface area contributed by atoms with Gasteiger partial charge in [-0.05, 0) is 19.8 Å². The Labute approximate surface area is 94.6 Å². The van der Waals surface area contributed by atoms with Crippen LogP contribution in [0.3, 0.4) is 0 Å². The van der Waals surface area contributed by atoms with Crippen LogP contribution in [0, 0.1) is 6.92 Å². The van der Waals surface area contributed by atoms with E-state index in [1.54, 1.807) is 0 Å². The van der Waals surface area contributed by atoms with Crippen LogP contribution in [-0.2, 0) is 11.3 Å². The van der Waals surface area contributed by atoms with Crippen molar-refractivity contribution in [1.29, 1.82) is 0 Å². The van der Waals surface area contributed by atoms with Crippen LogP contribution in [0.25, 0.3) is 0 Å². The van der Waals surface area contributed by atoms with Crippen LogP contribution in [0.15, 0.2) is 10.6 Å². The number of rotatable bonds is 6. The first kappa shape index (κ1) is 11.1. The fraction of sp³-hybridized carbons (Fsp3) is 0.636. The molecule has 0 radical (unpaired) electrons. The van der Waals surface area contributed by atoms with E-state index in [1.807, 2.05) is 13.0 Å². The molecule has 1 aliphatic carbocycles. The van der Waals surface area contributed by atoms with Gasteiger partial charge < -0.3 is 15.2 Å². The van der Waals surface area contributed by atoms with Gasteiger partial charge in [0.15, 0.2) is 5.76 Å². The fourth-order valence-corrected chi connectivity index (χ4v) is 1.45. The zero-order valence-electron chi connectivity index (χ0n) is 9.45. The first-order chi connectivity index (χ1) is 7.74. The Morgan fingerprint density at radius 2 is 2.44 bits per heavy atom. The minimum atomic E-state index is 0.0437. The molecule has 0 aromatic carbocycles. The first-order valence-electron chi connectivity index (χ1n) is 5.66. The highest BCUT2D eigenvalue weighted by Crippen LogP contribution is 2.18. The van der Waals surface area contributed by atoms with Gasteiger partial charge in [0.25, 0.3) is 0 Å². The van der Waals surface area contributed by atoms with E-state index in [1.165, 1.54) is 12.8 Å². The summed E-state index contributed by atoms with van der Waals surface area (Å²) in [6.45, 7) is 3.03. The molecule has 5 nitrogen and oxygen atoms in total. The van der Waals surface area contributed by atoms with Crippen molar-refractivity contribution in [1.82, 2.24) is 15.8 Å². The topological polar surface area (TPSA) is 67.2 Å². The first-order valence-corrected chi connectivity index (χ1v) is 5.66. The molecule has 1 fully saturated rings. The average Bonchev–Trinajstić information content (AvgIpc) is 2.98. The van der Waals surface area contributed by atoms with Crippen molar-refractivity contribution in [2.45, 2.75) is 38.8 Å². The average molecular weight is 223 g/mol. The van der Waals surface area contributed by atoms with Gasteiger partial charge in [0.05, 0.1) is 12.2 Å². The maximum Gasteiger partial charge on any atom is 0.221 e. The fourth-order valence-electron chi connectivity index (χ4n) is 1.45. The highest BCUT2D eigenvalue weighted by molar-refractivity contribution is 5.75. The minimum Gasteiger partial charge on any atom is -0.359 e. The zero-order chi connectivity index (χ0) is 11.4. The van der Waals surface area contributed by atoms with E-state index in [4.69, 9.17) is 4.52 Å². The van der Waals surface area contributed by atoms with E-state index >= 15 is 0 Å². The predicted molar refractivity (Wildman–Crippen MR) is 58.7 cm³/mol. The number of carbonyl (C=O) groups excluding carboxylic acids is 1. The Morgan fingerprint density at radius 1 is 1.62 bits per heavy atom. The smallest absolute Gasteiger partial charge is 0.221 e. The molecule has 0 aliphatic heterocycles. The second kappa shape index (κ2) is 5.12. The molecule has 0 saturated heterocycles. The summed E-state index contributed by atoms with van der Waals surface area (Å²) in [6, 6.07) is 2.48. The van der Waals surface area contributed by atoms with E-state index in [2.05, 4.69) is 15.8 Å². The SMILES string of the molecule is Cc1cc(CNC(=O)CCNC2CC2)on1. The summed E-state index contributed by atoms with van der Waals surface area (Å²) in [7, 11) is 0. The van der Waals surface area contributed by atoms with Crippen molar-refractivity contribution < 1.29 is 9.32 Å². The number of hydrogen-bond acceptors (Lipinski definition) is 4. The van der Waals surface area contributed by atoms with Gasteiger partial charge in [-0.3, -0.25) is 4.79 Å². The Kier molecular flexibility index (Phi) is 3.56. The Hall–Kier alpha value is -1.36. The molecule has 2 N–H and O–H groups in total. The molecule has 0 unspecified atom stereocenters. The van der Waals surface area contributed by atoms with E-state index < -0.39 is 0 Å². The molecular formula is C11H17N3O2. The Morgan fingerprint density at radius 3 is 3.06 bits per heavy atom. The number of nitrogens with one attached hydrogen (secondary N) is 2. The summed E-state index contributed by atoms with van der Waals surface area (Å²) in [5, 5.41) is 9.84. The van der Waals surface area contributed by atoms with Gasteiger partial charge in [-0.15, -0.1) is 0 Å². The number of hydrogen-bond donors (Lipinski definition) is 2. The number of aromatic nitrogens is 1. The normalized spacial score (nSPS) is 15.1. The highest BCUT2D eigenvalue weighted by Gasteiger charge is 2.20. The minimum absolute atomic E-state index is 0.0437. The van der Waals surface area contributed by atoms with E-state index in [0.29, 0.717) is 24.8 Å². The Balaban J connectivity index is 1.59. The summed E-state index contributed by atoms with van der Waals surface area (Å²) in [4.78, 5) is 11.4. The second-order valence-electron chi connectivity index (χ2n) is 4.19. The summed E-state index contributed by atoms with van der Waals surface area (Å²) >= 11 is 0. The quantitative estimate of drug-likeness (QED) is 0.746. The molecule has 0 bridgehead atoms. The second-order valence-corrected chi connectivity index (χ2v) is 4.19. The molecule has 2 rings (SSSR count). The molecule has 88 valence electrons. The van der Waals surface area contributed by atoms with E-state index in [9.17, 15) is 4.79 Å². The molecule has 5 heteroatoms. The van der Waals surface area contributed by atoms with Crippen LogP contribution in [0.5, 0.6) is 0 Å². The third kappa shape index (κ3) is 3.66. The molecule has 1 amide bonds. The number of carbonyl (C=O) groups is 1. The third-order valence-corrected chi connectivity index (χ3v) is 2.50. The van der Waals surface area contributed by atoms with Gasteiger partial charge in [-0.2, -0.15) is 0 Å². The Bertz CT molecular complexity index is 358. The molecular weight excluding hydrogens is 206 g/mol. The predicted octanol–water partition coefficient (Wildman–Crippen LogP) is 0.741. The molecule has 0 atom stereocenters. The van der Waals surface area contributed by atoms with Crippen molar-refractivity contribution in [3.8, 4) is 0 Å². The van der Waals surface area contributed by atoms with Gasteiger partial charge in [0.2, 0.25) is 5.91 Å².